The molecule has 15 heavy (non-hydrogen) atoms. The van der Waals surface area contributed by atoms with Crippen molar-refractivity contribution in [2.75, 3.05) is 13.2 Å². The maximum atomic E-state index is 5.65. The second-order valence-electron chi connectivity index (χ2n) is 4.00. The van der Waals surface area contributed by atoms with Crippen molar-refractivity contribution in [3.8, 4) is 0 Å². The zero-order chi connectivity index (χ0) is 10.5. The Morgan fingerprint density at radius 2 is 2.53 bits per heavy atom. The first-order valence-electron chi connectivity index (χ1n) is 5.78. The van der Waals surface area contributed by atoms with Crippen molar-refractivity contribution in [1.29, 1.82) is 0 Å². The lowest BCUT2D eigenvalue weighted by molar-refractivity contribution is 0.0922. The highest BCUT2D eigenvalue weighted by Crippen LogP contribution is 2.25. The van der Waals surface area contributed by atoms with Crippen LogP contribution in [0.15, 0.2) is 22.8 Å². The van der Waals surface area contributed by atoms with Crippen LogP contribution in [0, 0.1) is 0 Å². The molecule has 2 unspecified atom stereocenters. The maximum Gasteiger partial charge on any atom is 0.120 e. The number of rotatable bonds is 5. The van der Waals surface area contributed by atoms with Gasteiger partial charge < -0.3 is 14.5 Å². The lowest BCUT2D eigenvalue weighted by Gasteiger charge is -2.19. The molecule has 0 amide bonds. The third kappa shape index (κ3) is 2.83. The Morgan fingerprint density at radius 3 is 3.13 bits per heavy atom. The third-order valence-electron chi connectivity index (χ3n) is 2.86. The quantitative estimate of drug-likeness (QED) is 0.809. The van der Waals surface area contributed by atoms with Gasteiger partial charge in [0.25, 0.3) is 0 Å². The van der Waals surface area contributed by atoms with Crippen molar-refractivity contribution < 1.29 is 9.15 Å². The van der Waals surface area contributed by atoms with E-state index < -0.39 is 0 Å². The molecule has 3 heteroatoms. The van der Waals surface area contributed by atoms with Crippen LogP contribution >= 0.6 is 0 Å². The van der Waals surface area contributed by atoms with Crippen LogP contribution in [-0.2, 0) is 4.74 Å². The van der Waals surface area contributed by atoms with Crippen molar-refractivity contribution in [2.24, 2.45) is 0 Å². The summed E-state index contributed by atoms with van der Waals surface area (Å²) in [5.41, 5.74) is 0. The molecule has 1 aliphatic rings. The van der Waals surface area contributed by atoms with Crippen LogP contribution in [-0.4, -0.2) is 19.3 Å². The van der Waals surface area contributed by atoms with Crippen LogP contribution in [0.2, 0.25) is 0 Å². The number of hydrogen-bond acceptors (Lipinski definition) is 3. The molecule has 3 nitrogen and oxygen atoms in total. The second-order valence-corrected chi connectivity index (χ2v) is 4.00. The first-order chi connectivity index (χ1) is 7.40. The van der Waals surface area contributed by atoms with E-state index in [0.29, 0.717) is 12.1 Å². The SMILES string of the molecule is CCNC(CC1CCCO1)c1ccco1. The van der Waals surface area contributed by atoms with Gasteiger partial charge in [-0.1, -0.05) is 6.92 Å². The average Bonchev–Trinajstić information content (AvgIpc) is 2.89. The molecule has 1 aliphatic heterocycles. The molecule has 0 radical (unpaired) electrons. The monoisotopic (exact) mass is 209 g/mol. The minimum absolute atomic E-state index is 0.299. The lowest BCUT2D eigenvalue weighted by atomic mass is 10.0. The molecule has 1 N–H and O–H groups in total. The van der Waals surface area contributed by atoms with Gasteiger partial charge in [-0.15, -0.1) is 0 Å². The fraction of sp³-hybridized carbons (Fsp3) is 0.667. The summed E-state index contributed by atoms with van der Waals surface area (Å²) >= 11 is 0. The normalized spacial score (nSPS) is 23.1. The van der Waals surface area contributed by atoms with E-state index in [9.17, 15) is 0 Å². The van der Waals surface area contributed by atoms with Crippen molar-refractivity contribution in [1.82, 2.24) is 5.32 Å². The smallest absolute Gasteiger partial charge is 0.120 e. The summed E-state index contributed by atoms with van der Waals surface area (Å²) in [6, 6.07) is 4.27. The maximum absolute atomic E-state index is 5.65. The van der Waals surface area contributed by atoms with E-state index in [2.05, 4.69) is 12.2 Å². The Labute approximate surface area is 90.8 Å². The van der Waals surface area contributed by atoms with Crippen LogP contribution in [0.1, 0.15) is 38.0 Å². The summed E-state index contributed by atoms with van der Waals surface area (Å²) in [6.07, 6.45) is 5.53. The molecule has 0 aromatic carbocycles. The predicted molar refractivity (Wildman–Crippen MR) is 58.7 cm³/mol. The Hall–Kier alpha value is -0.800. The molecule has 2 heterocycles. The predicted octanol–water partition coefficient (Wildman–Crippen LogP) is 2.50. The molecule has 0 saturated carbocycles. The van der Waals surface area contributed by atoms with E-state index in [4.69, 9.17) is 9.15 Å². The van der Waals surface area contributed by atoms with Crippen LogP contribution < -0.4 is 5.32 Å². The molecule has 1 saturated heterocycles. The standard InChI is InChI=1S/C12H19NO2/c1-2-13-11(12-6-4-8-15-12)9-10-5-3-7-14-10/h4,6,8,10-11,13H,2-3,5,7,9H2,1H3. The summed E-state index contributed by atoms with van der Waals surface area (Å²) in [7, 11) is 0. The van der Waals surface area contributed by atoms with E-state index in [1.165, 1.54) is 12.8 Å². The minimum Gasteiger partial charge on any atom is -0.468 e. The summed E-state index contributed by atoms with van der Waals surface area (Å²) in [4.78, 5) is 0. The van der Waals surface area contributed by atoms with Crippen molar-refractivity contribution in [2.45, 2.75) is 38.3 Å². The fourth-order valence-electron chi connectivity index (χ4n) is 2.13. The van der Waals surface area contributed by atoms with Gasteiger partial charge >= 0.3 is 0 Å². The molecular weight excluding hydrogens is 190 g/mol. The summed E-state index contributed by atoms with van der Waals surface area (Å²) in [5.74, 6) is 1.02. The number of ether oxygens (including phenoxy) is 1. The molecule has 0 bridgehead atoms. The molecule has 0 spiro atoms. The zero-order valence-corrected chi connectivity index (χ0v) is 9.24. The summed E-state index contributed by atoms with van der Waals surface area (Å²) < 4.78 is 11.1. The molecule has 2 rings (SSSR count). The lowest BCUT2D eigenvalue weighted by Crippen LogP contribution is -2.24. The van der Waals surface area contributed by atoms with Gasteiger partial charge in [0.1, 0.15) is 5.76 Å². The summed E-state index contributed by atoms with van der Waals surface area (Å²) in [5, 5.41) is 3.44. The highest BCUT2D eigenvalue weighted by atomic mass is 16.5. The van der Waals surface area contributed by atoms with Gasteiger partial charge in [-0.05, 0) is 37.9 Å². The van der Waals surface area contributed by atoms with Gasteiger partial charge in [-0.25, -0.2) is 0 Å². The molecule has 1 aromatic heterocycles. The Balaban J connectivity index is 1.93. The average molecular weight is 209 g/mol. The highest BCUT2D eigenvalue weighted by Gasteiger charge is 2.22. The molecular formula is C12H19NO2. The Kier molecular flexibility index (Phi) is 3.80. The van der Waals surface area contributed by atoms with E-state index >= 15 is 0 Å². The minimum atomic E-state index is 0.299. The summed E-state index contributed by atoms with van der Waals surface area (Å²) in [6.45, 7) is 3.99. The first kappa shape index (κ1) is 10.7. The van der Waals surface area contributed by atoms with Crippen molar-refractivity contribution in [3.05, 3.63) is 24.2 Å². The van der Waals surface area contributed by atoms with Gasteiger partial charge in [-0.3, -0.25) is 0 Å². The topological polar surface area (TPSA) is 34.4 Å². The van der Waals surface area contributed by atoms with Crippen LogP contribution in [0.25, 0.3) is 0 Å². The van der Waals surface area contributed by atoms with E-state index in [1.807, 2.05) is 12.1 Å². The van der Waals surface area contributed by atoms with Gasteiger partial charge in [0.05, 0.1) is 18.4 Å². The van der Waals surface area contributed by atoms with Crippen LogP contribution in [0.5, 0.6) is 0 Å². The van der Waals surface area contributed by atoms with E-state index in [0.717, 1.165) is 25.3 Å². The molecule has 84 valence electrons. The highest BCUT2D eigenvalue weighted by molar-refractivity contribution is 5.04. The van der Waals surface area contributed by atoms with E-state index in [1.54, 1.807) is 6.26 Å². The van der Waals surface area contributed by atoms with Crippen LogP contribution in [0.4, 0.5) is 0 Å². The van der Waals surface area contributed by atoms with Gasteiger partial charge in [0.15, 0.2) is 0 Å². The Morgan fingerprint density at radius 1 is 1.60 bits per heavy atom. The number of nitrogens with one attached hydrogen (secondary N) is 1. The second kappa shape index (κ2) is 5.33. The Bertz CT molecular complexity index is 265. The van der Waals surface area contributed by atoms with Crippen molar-refractivity contribution in [3.63, 3.8) is 0 Å². The van der Waals surface area contributed by atoms with E-state index in [-0.39, 0.29) is 0 Å². The first-order valence-corrected chi connectivity index (χ1v) is 5.78. The fourth-order valence-corrected chi connectivity index (χ4v) is 2.13. The van der Waals surface area contributed by atoms with Gasteiger partial charge in [0, 0.05) is 6.61 Å². The van der Waals surface area contributed by atoms with Crippen molar-refractivity contribution >= 4 is 0 Å². The van der Waals surface area contributed by atoms with Gasteiger partial charge in [0.2, 0.25) is 0 Å². The molecule has 1 fully saturated rings. The molecule has 0 aliphatic carbocycles. The number of furan rings is 1. The van der Waals surface area contributed by atoms with Crippen LogP contribution in [0.3, 0.4) is 0 Å². The number of hydrogen-bond donors (Lipinski definition) is 1. The largest absolute Gasteiger partial charge is 0.468 e. The molecule has 2 atom stereocenters. The zero-order valence-electron chi connectivity index (χ0n) is 9.24. The third-order valence-corrected chi connectivity index (χ3v) is 2.86. The van der Waals surface area contributed by atoms with Gasteiger partial charge in [-0.2, -0.15) is 0 Å². The molecule has 1 aromatic rings.